The normalized spacial score (nSPS) is 15.1. The predicted molar refractivity (Wildman–Crippen MR) is 133 cm³/mol. The minimum atomic E-state index is -3.79. The van der Waals surface area contributed by atoms with Crippen molar-refractivity contribution in [2.75, 3.05) is 26.3 Å². The van der Waals surface area contributed by atoms with Crippen LogP contribution in [0.2, 0.25) is 0 Å². The molecule has 3 aromatic rings. The number of morpholine rings is 1. The fourth-order valence-electron chi connectivity index (χ4n) is 3.93. The second-order valence-corrected chi connectivity index (χ2v) is 10.4. The highest BCUT2D eigenvalue weighted by atomic mass is 32.2. The van der Waals surface area contributed by atoms with Crippen LogP contribution in [0.3, 0.4) is 0 Å². The number of carbonyl (C=O) groups excluding carboxylic acids is 1. The van der Waals surface area contributed by atoms with Crippen molar-refractivity contribution in [1.29, 1.82) is 0 Å². The largest absolute Gasteiger partial charge is 0.481 e. The minimum absolute atomic E-state index is 0.109. The van der Waals surface area contributed by atoms with Gasteiger partial charge in [-0.1, -0.05) is 60.7 Å². The summed E-state index contributed by atoms with van der Waals surface area (Å²) in [4.78, 5) is 14.5. The third-order valence-corrected chi connectivity index (χ3v) is 7.65. The third-order valence-electron chi connectivity index (χ3n) is 5.85. The molecule has 0 bridgehead atoms. The van der Waals surface area contributed by atoms with Gasteiger partial charge in [-0.05, 0) is 42.3 Å². The Bertz CT molecular complexity index is 1150. The van der Waals surface area contributed by atoms with Crippen molar-refractivity contribution >= 4 is 15.9 Å². The first-order valence-electron chi connectivity index (χ1n) is 11.6. The molecule has 35 heavy (non-hydrogen) atoms. The molecule has 0 spiro atoms. The van der Waals surface area contributed by atoms with Crippen LogP contribution in [0.15, 0.2) is 89.8 Å². The van der Waals surface area contributed by atoms with E-state index in [-0.39, 0.29) is 23.9 Å². The van der Waals surface area contributed by atoms with Crippen LogP contribution in [0.1, 0.15) is 18.1 Å². The lowest BCUT2D eigenvalue weighted by atomic mass is 10.2. The number of amides is 1. The fourth-order valence-corrected chi connectivity index (χ4v) is 5.35. The molecule has 0 N–H and O–H groups in total. The Kier molecular flexibility index (Phi) is 8.17. The van der Waals surface area contributed by atoms with Gasteiger partial charge < -0.3 is 14.4 Å². The molecular formula is C27H30N2O5S. The standard InChI is InChI=1S/C27H30N2O5S/c1-22(27(30)28-16-18-33-19-17-28)34-25-12-14-26(15-13-25)35(31,32)29(20-23-8-4-2-5-9-23)21-24-10-6-3-7-11-24/h2-15,22H,16-21H2,1H3/t22-/m1/s1. The second-order valence-electron chi connectivity index (χ2n) is 8.41. The zero-order chi connectivity index (χ0) is 24.7. The van der Waals surface area contributed by atoms with Gasteiger partial charge in [-0.2, -0.15) is 4.31 Å². The van der Waals surface area contributed by atoms with Gasteiger partial charge in [0.15, 0.2) is 6.10 Å². The number of hydrogen-bond donors (Lipinski definition) is 0. The number of benzene rings is 3. The van der Waals surface area contributed by atoms with Gasteiger partial charge >= 0.3 is 0 Å². The van der Waals surface area contributed by atoms with Crippen LogP contribution in [0, 0.1) is 0 Å². The first-order valence-corrected chi connectivity index (χ1v) is 13.1. The van der Waals surface area contributed by atoms with Crippen molar-refractivity contribution in [2.45, 2.75) is 31.0 Å². The lowest BCUT2D eigenvalue weighted by molar-refractivity contribution is -0.142. The molecule has 1 heterocycles. The number of carbonyl (C=O) groups is 1. The van der Waals surface area contributed by atoms with E-state index >= 15 is 0 Å². The molecule has 1 saturated heterocycles. The lowest BCUT2D eigenvalue weighted by Crippen LogP contribution is -2.46. The molecule has 0 aromatic heterocycles. The number of nitrogens with zero attached hydrogens (tertiary/aromatic N) is 2. The van der Waals surface area contributed by atoms with Crippen LogP contribution < -0.4 is 4.74 Å². The van der Waals surface area contributed by atoms with E-state index in [2.05, 4.69) is 0 Å². The molecule has 0 aliphatic carbocycles. The summed E-state index contributed by atoms with van der Waals surface area (Å²) < 4.78 is 39.8. The average Bonchev–Trinajstić information content (AvgIpc) is 2.90. The Morgan fingerprint density at radius 1 is 0.886 bits per heavy atom. The number of hydrogen-bond acceptors (Lipinski definition) is 5. The second kappa shape index (κ2) is 11.5. The van der Waals surface area contributed by atoms with E-state index in [1.165, 1.54) is 16.4 Å². The van der Waals surface area contributed by atoms with Crippen LogP contribution in [0.4, 0.5) is 0 Å². The van der Waals surface area contributed by atoms with Crippen LogP contribution in [-0.4, -0.2) is 55.9 Å². The van der Waals surface area contributed by atoms with Crippen LogP contribution in [0.25, 0.3) is 0 Å². The summed E-state index contributed by atoms with van der Waals surface area (Å²) in [5.74, 6) is 0.331. The van der Waals surface area contributed by atoms with Gasteiger partial charge in [0.25, 0.3) is 5.91 Å². The van der Waals surface area contributed by atoms with Gasteiger partial charge in [0.2, 0.25) is 10.0 Å². The zero-order valence-corrected chi connectivity index (χ0v) is 20.6. The van der Waals surface area contributed by atoms with Crippen molar-refractivity contribution in [2.24, 2.45) is 0 Å². The molecule has 1 atom stereocenters. The van der Waals surface area contributed by atoms with E-state index in [9.17, 15) is 13.2 Å². The first-order chi connectivity index (χ1) is 16.9. The Morgan fingerprint density at radius 2 is 1.40 bits per heavy atom. The third kappa shape index (κ3) is 6.48. The molecule has 1 amide bonds. The predicted octanol–water partition coefficient (Wildman–Crippen LogP) is 3.70. The number of sulfonamides is 1. The van der Waals surface area contributed by atoms with Crippen LogP contribution >= 0.6 is 0 Å². The highest BCUT2D eigenvalue weighted by Gasteiger charge is 2.26. The van der Waals surface area contributed by atoms with E-state index in [0.717, 1.165) is 11.1 Å². The molecule has 1 aliphatic rings. The smallest absolute Gasteiger partial charge is 0.263 e. The van der Waals surface area contributed by atoms with E-state index in [1.807, 2.05) is 60.7 Å². The molecular weight excluding hydrogens is 464 g/mol. The van der Waals surface area contributed by atoms with Gasteiger partial charge in [-0.3, -0.25) is 4.79 Å². The molecule has 4 rings (SSSR count). The molecule has 0 saturated carbocycles. The van der Waals surface area contributed by atoms with Crippen molar-refractivity contribution in [1.82, 2.24) is 9.21 Å². The molecule has 8 heteroatoms. The quantitative estimate of drug-likeness (QED) is 0.453. The fraction of sp³-hybridized carbons (Fsp3) is 0.296. The summed E-state index contributed by atoms with van der Waals surface area (Å²) in [6.45, 7) is 4.33. The Hall–Kier alpha value is -3.20. The topological polar surface area (TPSA) is 76.2 Å². The highest BCUT2D eigenvalue weighted by molar-refractivity contribution is 7.89. The van der Waals surface area contributed by atoms with Gasteiger partial charge in [0, 0.05) is 26.2 Å². The van der Waals surface area contributed by atoms with E-state index in [1.54, 1.807) is 24.0 Å². The van der Waals surface area contributed by atoms with Gasteiger partial charge in [-0.25, -0.2) is 8.42 Å². The van der Waals surface area contributed by atoms with Gasteiger partial charge in [-0.15, -0.1) is 0 Å². The van der Waals surface area contributed by atoms with Crippen molar-refractivity contribution < 1.29 is 22.7 Å². The molecule has 184 valence electrons. The van der Waals surface area contributed by atoms with Gasteiger partial charge in [0.1, 0.15) is 5.75 Å². The maximum atomic E-state index is 13.6. The maximum absolute atomic E-state index is 13.6. The monoisotopic (exact) mass is 494 g/mol. The minimum Gasteiger partial charge on any atom is -0.481 e. The van der Waals surface area contributed by atoms with Crippen molar-refractivity contribution in [3.63, 3.8) is 0 Å². The summed E-state index contributed by atoms with van der Waals surface area (Å²) in [6.07, 6.45) is -0.678. The van der Waals surface area contributed by atoms with Crippen molar-refractivity contribution in [3.8, 4) is 5.75 Å². The highest BCUT2D eigenvalue weighted by Crippen LogP contribution is 2.24. The molecule has 7 nitrogen and oxygen atoms in total. The first kappa shape index (κ1) is 24.9. The van der Waals surface area contributed by atoms with Crippen LogP contribution in [-0.2, 0) is 32.6 Å². The molecule has 1 aliphatic heterocycles. The zero-order valence-electron chi connectivity index (χ0n) is 19.7. The Morgan fingerprint density at radius 3 is 1.91 bits per heavy atom. The van der Waals surface area contributed by atoms with E-state index in [4.69, 9.17) is 9.47 Å². The van der Waals surface area contributed by atoms with Gasteiger partial charge in [0.05, 0.1) is 18.1 Å². The van der Waals surface area contributed by atoms with E-state index in [0.29, 0.717) is 32.1 Å². The Balaban J connectivity index is 1.50. The molecule has 0 radical (unpaired) electrons. The summed E-state index contributed by atoms with van der Waals surface area (Å²) in [6, 6.07) is 25.3. The summed E-state index contributed by atoms with van der Waals surface area (Å²) in [7, 11) is -3.79. The molecule has 3 aromatic carbocycles. The maximum Gasteiger partial charge on any atom is 0.263 e. The summed E-state index contributed by atoms with van der Waals surface area (Å²) in [5, 5.41) is 0. The van der Waals surface area contributed by atoms with Crippen LogP contribution in [0.5, 0.6) is 5.75 Å². The Labute approximate surface area is 206 Å². The number of ether oxygens (including phenoxy) is 2. The molecule has 1 fully saturated rings. The lowest BCUT2D eigenvalue weighted by Gasteiger charge is -2.29. The molecule has 0 unspecified atom stereocenters. The van der Waals surface area contributed by atoms with Crippen molar-refractivity contribution in [3.05, 3.63) is 96.1 Å². The summed E-state index contributed by atoms with van der Waals surface area (Å²) in [5.41, 5.74) is 1.81. The number of rotatable bonds is 9. The average molecular weight is 495 g/mol. The SMILES string of the molecule is C[C@@H](Oc1ccc(S(=O)(=O)N(Cc2ccccc2)Cc2ccccc2)cc1)C(=O)N1CCOCC1. The van der Waals surface area contributed by atoms with E-state index < -0.39 is 16.1 Å². The summed E-state index contributed by atoms with van der Waals surface area (Å²) >= 11 is 0.